The van der Waals surface area contributed by atoms with E-state index in [-0.39, 0.29) is 0 Å². The fourth-order valence-electron chi connectivity index (χ4n) is 2.52. The molecule has 1 fully saturated rings. The van der Waals surface area contributed by atoms with Gasteiger partial charge >= 0.3 is 0 Å². The maximum atomic E-state index is 5.29. The third-order valence-electron chi connectivity index (χ3n) is 3.63. The molecule has 1 N–H and O–H groups in total. The Morgan fingerprint density at radius 2 is 2.21 bits per heavy atom. The zero-order chi connectivity index (χ0) is 13.1. The number of pyridine rings is 1. The van der Waals surface area contributed by atoms with Crippen LogP contribution < -0.4 is 5.32 Å². The van der Waals surface area contributed by atoms with E-state index in [4.69, 9.17) is 4.52 Å². The van der Waals surface area contributed by atoms with E-state index in [1.165, 1.54) is 25.7 Å². The van der Waals surface area contributed by atoms with Crippen molar-refractivity contribution in [2.75, 3.05) is 0 Å². The molecule has 0 bridgehead atoms. The monoisotopic (exact) mass is 258 g/mol. The second kappa shape index (κ2) is 5.48. The molecule has 0 saturated heterocycles. The summed E-state index contributed by atoms with van der Waals surface area (Å²) in [6, 6.07) is 2.52. The number of hydrogen-bond donors (Lipinski definition) is 1. The Balaban J connectivity index is 1.67. The van der Waals surface area contributed by atoms with Crippen molar-refractivity contribution >= 4 is 0 Å². The Morgan fingerprint density at radius 3 is 3.00 bits per heavy atom. The lowest BCUT2D eigenvalue weighted by Gasteiger charge is -2.08. The van der Waals surface area contributed by atoms with Crippen LogP contribution in [0, 0.1) is 6.92 Å². The molecule has 1 aliphatic carbocycles. The normalized spacial score (nSPS) is 16.1. The van der Waals surface area contributed by atoms with Crippen molar-refractivity contribution in [2.45, 2.75) is 45.2 Å². The summed E-state index contributed by atoms with van der Waals surface area (Å²) in [5, 5.41) is 7.51. The van der Waals surface area contributed by atoms with Crippen LogP contribution in [0.5, 0.6) is 0 Å². The minimum Gasteiger partial charge on any atom is -0.338 e. The molecule has 0 unspecified atom stereocenters. The molecule has 5 nitrogen and oxygen atoms in total. The van der Waals surface area contributed by atoms with Crippen LogP contribution >= 0.6 is 0 Å². The molecule has 2 aromatic rings. The lowest BCUT2D eigenvalue weighted by molar-refractivity contribution is 0.357. The molecule has 2 aromatic heterocycles. The molecule has 0 amide bonds. The molecule has 0 aromatic carbocycles. The third kappa shape index (κ3) is 2.81. The van der Waals surface area contributed by atoms with Crippen molar-refractivity contribution in [2.24, 2.45) is 0 Å². The van der Waals surface area contributed by atoms with E-state index in [2.05, 4.69) is 20.4 Å². The SMILES string of the molecule is Cc1cnccc1-c1noc(CNC2CCCC2)n1. The van der Waals surface area contributed by atoms with Gasteiger partial charge in [0.05, 0.1) is 6.54 Å². The predicted octanol–water partition coefficient (Wildman–Crippen LogP) is 2.47. The first-order valence-electron chi connectivity index (χ1n) is 6.80. The van der Waals surface area contributed by atoms with Crippen molar-refractivity contribution in [1.82, 2.24) is 20.4 Å². The van der Waals surface area contributed by atoms with Crippen LogP contribution in [-0.2, 0) is 6.54 Å². The fourth-order valence-corrected chi connectivity index (χ4v) is 2.52. The van der Waals surface area contributed by atoms with Gasteiger partial charge in [-0.1, -0.05) is 18.0 Å². The summed E-state index contributed by atoms with van der Waals surface area (Å²) >= 11 is 0. The molecule has 0 atom stereocenters. The molecule has 1 aliphatic rings. The second-order valence-corrected chi connectivity index (χ2v) is 5.06. The Bertz CT molecular complexity index is 546. The summed E-state index contributed by atoms with van der Waals surface area (Å²) in [5.41, 5.74) is 2.03. The van der Waals surface area contributed by atoms with E-state index in [1.54, 1.807) is 6.20 Å². The number of rotatable bonds is 4. The number of aromatic nitrogens is 3. The second-order valence-electron chi connectivity index (χ2n) is 5.06. The lowest BCUT2D eigenvalue weighted by atomic mass is 10.1. The molecule has 0 aliphatic heterocycles. The molecule has 2 heterocycles. The Labute approximate surface area is 112 Å². The van der Waals surface area contributed by atoms with Crippen LogP contribution in [0.3, 0.4) is 0 Å². The Morgan fingerprint density at radius 1 is 1.37 bits per heavy atom. The zero-order valence-electron chi connectivity index (χ0n) is 11.1. The smallest absolute Gasteiger partial charge is 0.240 e. The van der Waals surface area contributed by atoms with Crippen LogP contribution in [0.15, 0.2) is 23.0 Å². The largest absolute Gasteiger partial charge is 0.338 e. The van der Waals surface area contributed by atoms with Crippen molar-refractivity contribution in [3.63, 3.8) is 0 Å². The zero-order valence-corrected chi connectivity index (χ0v) is 11.1. The highest BCUT2D eigenvalue weighted by molar-refractivity contribution is 5.57. The first-order valence-corrected chi connectivity index (χ1v) is 6.80. The Kier molecular flexibility index (Phi) is 3.55. The quantitative estimate of drug-likeness (QED) is 0.912. The van der Waals surface area contributed by atoms with Crippen molar-refractivity contribution in [3.05, 3.63) is 29.9 Å². The summed E-state index contributed by atoms with van der Waals surface area (Å²) < 4.78 is 5.29. The van der Waals surface area contributed by atoms with E-state index in [9.17, 15) is 0 Å². The Hall–Kier alpha value is -1.75. The van der Waals surface area contributed by atoms with Gasteiger partial charge in [-0.15, -0.1) is 0 Å². The van der Waals surface area contributed by atoms with Gasteiger partial charge in [0.25, 0.3) is 0 Å². The summed E-state index contributed by atoms with van der Waals surface area (Å²) in [7, 11) is 0. The molecule has 1 saturated carbocycles. The maximum absolute atomic E-state index is 5.29. The number of hydrogen-bond acceptors (Lipinski definition) is 5. The molecule has 5 heteroatoms. The van der Waals surface area contributed by atoms with Crippen molar-refractivity contribution in [3.8, 4) is 11.4 Å². The highest BCUT2D eigenvalue weighted by atomic mass is 16.5. The molecule has 0 spiro atoms. The van der Waals surface area contributed by atoms with Gasteiger partial charge in [-0.3, -0.25) is 4.98 Å². The third-order valence-corrected chi connectivity index (χ3v) is 3.63. The van der Waals surface area contributed by atoms with Crippen LogP contribution in [-0.4, -0.2) is 21.2 Å². The topological polar surface area (TPSA) is 63.8 Å². The van der Waals surface area contributed by atoms with E-state index in [0.717, 1.165) is 11.1 Å². The highest BCUT2D eigenvalue weighted by Gasteiger charge is 2.16. The van der Waals surface area contributed by atoms with Gasteiger partial charge in [0.2, 0.25) is 11.7 Å². The lowest BCUT2D eigenvalue weighted by Crippen LogP contribution is -2.25. The molecular weight excluding hydrogens is 240 g/mol. The number of aryl methyl sites for hydroxylation is 1. The van der Waals surface area contributed by atoms with Gasteiger partial charge in [0.1, 0.15) is 0 Å². The van der Waals surface area contributed by atoms with Gasteiger partial charge in [0.15, 0.2) is 0 Å². The van der Waals surface area contributed by atoms with Crippen LogP contribution in [0.1, 0.15) is 37.1 Å². The summed E-state index contributed by atoms with van der Waals surface area (Å²) in [6.45, 7) is 2.65. The molecule has 19 heavy (non-hydrogen) atoms. The van der Waals surface area contributed by atoms with Crippen LogP contribution in [0.25, 0.3) is 11.4 Å². The summed E-state index contributed by atoms with van der Waals surface area (Å²) in [4.78, 5) is 8.50. The first-order chi connectivity index (χ1) is 9.33. The number of nitrogens with one attached hydrogen (secondary N) is 1. The average molecular weight is 258 g/mol. The van der Waals surface area contributed by atoms with Gasteiger partial charge < -0.3 is 9.84 Å². The van der Waals surface area contributed by atoms with Gasteiger partial charge in [-0.25, -0.2) is 0 Å². The van der Waals surface area contributed by atoms with Crippen molar-refractivity contribution in [1.29, 1.82) is 0 Å². The van der Waals surface area contributed by atoms with Crippen LogP contribution in [0.4, 0.5) is 0 Å². The van der Waals surface area contributed by atoms with Gasteiger partial charge in [-0.2, -0.15) is 4.98 Å². The molecule has 3 rings (SSSR count). The van der Waals surface area contributed by atoms with E-state index in [0.29, 0.717) is 24.3 Å². The molecule has 0 radical (unpaired) electrons. The standard InChI is InChI=1S/C14H18N4O/c1-10-8-15-7-6-12(10)14-17-13(19-18-14)9-16-11-4-2-3-5-11/h6-8,11,16H,2-5,9H2,1H3. The van der Waals surface area contributed by atoms with Gasteiger partial charge in [-0.05, 0) is 31.4 Å². The predicted molar refractivity (Wildman–Crippen MR) is 71.4 cm³/mol. The van der Waals surface area contributed by atoms with Crippen molar-refractivity contribution < 1.29 is 4.52 Å². The average Bonchev–Trinajstić information content (AvgIpc) is 3.08. The van der Waals surface area contributed by atoms with E-state index >= 15 is 0 Å². The summed E-state index contributed by atoms with van der Waals surface area (Å²) in [5.74, 6) is 1.29. The minimum atomic E-state index is 0.609. The number of nitrogens with zero attached hydrogens (tertiary/aromatic N) is 3. The van der Waals surface area contributed by atoms with E-state index < -0.39 is 0 Å². The van der Waals surface area contributed by atoms with Crippen LogP contribution in [0.2, 0.25) is 0 Å². The van der Waals surface area contributed by atoms with E-state index in [1.807, 2.05) is 19.2 Å². The molecular formula is C14H18N4O. The summed E-state index contributed by atoms with van der Waals surface area (Å²) in [6.07, 6.45) is 8.71. The highest BCUT2D eigenvalue weighted by Crippen LogP contribution is 2.20. The fraction of sp³-hybridized carbons (Fsp3) is 0.500. The van der Waals surface area contributed by atoms with Gasteiger partial charge in [0, 0.05) is 24.0 Å². The maximum Gasteiger partial charge on any atom is 0.240 e. The molecule has 100 valence electrons. The minimum absolute atomic E-state index is 0.609. The first kappa shape index (κ1) is 12.3.